The van der Waals surface area contributed by atoms with E-state index in [0.717, 1.165) is 6.42 Å². The van der Waals surface area contributed by atoms with Crippen LogP contribution in [0.3, 0.4) is 0 Å². The first-order valence-corrected chi connectivity index (χ1v) is 5.85. The first-order chi connectivity index (χ1) is 8.45. The highest BCUT2D eigenvalue weighted by Gasteiger charge is 2.15. The lowest BCUT2D eigenvalue weighted by atomic mass is 10.1. The first-order valence-electron chi connectivity index (χ1n) is 5.85. The first kappa shape index (κ1) is 12.6. The minimum Gasteiger partial charge on any atom is -0.327 e. The number of H-pyrrole nitrogens is 1. The van der Waals surface area contributed by atoms with E-state index in [0.29, 0.717) is 23.4 Å². The molecular formula is C11H17N5O2. The van der Waals surface area contributed by atoms with Gasteiger partial charge in [-0.15, -0.1) is 0 Å². The van der Waals surface area contributed by atoms with E-state index in [4.69, 9.17) is 5.73 Å². The summed E-state index contributed by atoms with van der Waals surface area (Å²) < 4.78 is 3.03. The van der Waals surface area contributed by atoms with E-state index in [-0.39, 0.29) is 6.04 Å². The normalized spacial score (nSPS) is 13.1. The number of aromatic nitrogens is 4. The smallest absolute Gasteiger partial charge is 0.327 e. The monoisotopic (exact) mass is 251 g/mol. The number of imidazole rings is 1. The second kappa shape index (κ2) is 4.41. The molecule has 7 nitrogen and oxygen atoms in total. The molecule has 0 aliphatic heterocycles. The van der Waals surface area contributed by atoms with E-state index < -0.39 is 11.2 Å². The highest BCUT2D eigenvalue weighted by atomic mass is 16.2. The number of nitrogens with two attached hydrogens (primary N) is 1. The van der Waals surface area contributed by atoms with E-state index in [1.54, 1.807) is 18.7 Å². The fourth-order valence-corrected chi connectivity index (χ4v) is 1.91. The fourth-order valence-electron chi connectivity index (χ4n) is 1.91. The van der Waals surface area contributed by atoms with Crippen molar-refractivity contribution >= 4 is 11.2 Å². The molecule has 2 heterocycles. The number of aryl methyl sites for hydroxylation is 2. The Morgan fingerprint density at radius 2 is 2.00 bits per heavy atom. The van der Waals surface area contributed by atoms with Gasteiger partial charge in [0, 0.05) is 26.6 Å². The van der Waals surface area contributed by atoms with E-state index in [1.807, 2.05) is 6.92 Å². The van der Waals surface area contributed by atoms with Crippen molar-refractivity contribution in [2.75, 3.05) is 0 Å². The molecular weight excluding hydrogens is 234 g/mol. The Morgan fingerprint density at radius 3 is 2.61 bits per heavy atom. The minimum atomic E-state index is -0.461. The average molecular weight is 251 g/mol. The molecule has 2 rings (SSSR count). The van der Waals surface area contributed by atoms with Gasteiger partial charge in [0.1, 0.15) is 5.82 Å². The standard InChI is InChI=1S/C11H17N5O2/c1-4-6(12)5-7-13-9-8(15(7)2)10(17)14-11(18)16(9)3/h6H,4-5,12H2,1-3H3,(H,14,17,18). The quantitative estimate of drug-likeness (QED) is 0.749. The average Bonchev–Trinajstić information content (AvgIpc) is 2.64. The molecule has 0 bridgehead atoms. The van der Waals surface area contributed by atoms with Gasteiger partial charge >= 0.3 is 5.69 Å². The molecule has 0 spiro atoms. The summed E-state index contributed by atoms with van der Waals surface area (Å²) >= 11 is 0. The lowest BCUT2D eigenvalue weighted by molar-refractivity contribution is 0.611. The third-order valence-electron chi connectivity index (χ3n) is 3.20. The second-order valence-corrected chi connectivity index (χ2v) is 4.45. The molecule has 98 valence electrons. The summed E-state index contributed by atoms with van der Waals surface area (Å²) in [6.07, 6.45) is 1.41. The summed E-state index contributed by atoms with van der Waals surface area (Å²) in [4.78, 5) is 29.9. The molecule has 0 aliphatic carbocycles. The van der Waals surface area contributed by atoms with Crippen molar-refractivity contribution in [3.05, 3.63) is 26.7 Å². The zero-order valence-electron chi connectivity index (χ0n) is 10.7. The van der Waals surface area contributed by atoms with Gasteiger partial charge in [-0.3, -0.25) is 14.3 Å². The summed E-state index contributed by atoms with van der Waals surface area (Å²) in [5.74, 6) is 0.714. The molecule has 0 fully saturated rings. The molecule has 7 heteroatoms. The number of rotatable bonds is 3. The highest BCUT2D eigenvalue weighted by Crippen LogP contribution is 2.10. The summed E-state index contributed by atoms with van der Waals surface area (Å²) in [5.41, 5.74) is 5.81. The van der Waals surface area contributed by atoms with Gasteiger partial charge in [-0.2, -0.15) is 0 Å². The number of aromatic amines is 1. The SMILES string of the molecule is CCC(N)Cc1nc2c(c(=O)[nH]c(=O)n2C)n1C. The Hall–Kier alpha value is -1.89. The number of nitrogens with one attached hydrogen (secondary N) is 1. The van der Waals surface area contributed by atoms with Crippen molar-refractivity contribution in [3.63, 3.8) is 0 Å². The molecule has 3 N–H and O–H groups in total. The second-order valence-electron chi connectivity index (χ2n) is 4.45. The van der Waals surface area contributed by atoms with Gasteiger partial charge < -0.3 is 10.3 Å². The van der Waals surface area contributed by atoms with Gasteiger partial charge in [0.25, 0.3) is 5.56 Å². The Labute approximate surface area is 103 Å². The van der Waals surface area contributed by atoms with Gasteiger partial charge in [-0.1, -0.05) is 6.92 Å². The van der Waals surface area contributed by atoms with Crippen LogP contribution in [-0.2, 0) is 20.5 Å². The summed E-state index contributed by atoms with van der Waals surface area (Å²) in [7, 11) is 3.34. The summed E-state index contributed by atoms with van der Waals surface area (Å²) in [6, 6.07) is -0.00313. The van der Waals surface area contributed by atoms with Crippen molar-refractivity contribution in [1.29, 1.82) is 0 Å². The van der Waals surface area contributed by atoms with Crippen molar-refractivity contribution in [3.8, 4) is 0 Å². The number of hydrogen-bond acceptors (Lipinski definition) is 4. The lowest BCUT2D eigenvalue weighted by Gasteiger charge is -2.07. The van der Waals surface area contributed by atoms with Crippen LogP contribution in [0, 0.1) is 0 Å². The largest absolute Gasteiger partial charge is 0.329 e. The zero-order chi connectivity index (χ0) is 13.4. The van der Waals surface area contributed by atoms with Crippen LogP contribution in [-0.4, -0.2) is 25.1 Å². The minimum absolute atomic E-state index is 0.00313. The fraction of sp³-hybridized carbons (Fsp3) is 0.545. The van der Waals surface area contributed by atoms with Gasteiger partial charge in [-0.25, -0.2) is 9.78 Å². The molecule has 1 atom stereocenters. The molecule has 18 heavy (non-hydrogen) atoms. The van der Waals surface area contributed by atoms with E-state index in [2.05, 4.69) is 9.97 Å². The molecule has 0 saturated carbocycles. The van der Waals surface area contributed by atoms with Crippen molar-refractivity contribution < 1.29 is 0 Å². The van der Waals surface area contributed by atoms with Gasteiger partial charge in [0.2, 0.25) is 0 Å². The van der Waals surface area contributed by atoms with Gasteiger partial charge in [0.15, 0.2) is 11.2 Å². The predicted molar refractivity (Wildman–Crippen MR) is 68.5 cm³/mol. The van der Waals surface area contributed by atoms with Crippen LogP contribution in [0.15, 0.2) is 9.59 Å². The van der Waals surface area contributed by atoms with Crippen molar-refractivity contribution in [2.45, 2.75) is 25.8 Å². The van der Waals surface area contributed by atoms with Crippen LogP contribution in [0.25, 0.3) is 11.2 Å². The summed E-state index contributed by atoms with van der Waals surface area (Å²) in [6.45, 7) is 2.00. The Balaban J connectivity index is 2.70. The molecule has 0 aliphatic rings. The number of hydrogen-bond donors (Lipinski definition) is 2. The van der Waals surface area contributed by atoms with E-state index in [1.165, 1.54) is 4.57 Å². The molecule has 2 aromatic rings. The van der Waals surface area contributed by atoms with Gasteiger partial charge in [-0.05, 0) is 6.42 Å². The van der Waals surface area contributed by atoms with Gasteiger partial charge in [0.05, 0.1) is 0 Å². The van der Waals surface area contributed by atoms with Crippen LogP contribution in [0.1, 0.15) is 19.2 Å². The van der Waals surface area contributed by atoms with Crippen LogP contribution < -0.4 is 17.0 Å². The Bertz CT molecular complexity index is 694. The maximum atomic E-state index is 11.8. The molecule has 0 radical (unpaired) electrons. The number of fused-ring (bicyclic) bond motifs is 1. The van der Waals surface area contributed by atoms with Crippen LogP contribution in [0.2, 0.25) is 0 Å². The van der Waals surface area contributed by atoms with Crippen LogP contribution in [0.5, 0.6) is 0 Å². The van der Waals surface area contributed by atoms with Crippen LogP contribution >= 0.6 is 0 Å². The van der Waals surface area contributed by atoms with Crippen molar-refractivity contribution in [1.82, 2.24) is 19.1 Å². The topological polar surface area (TPSA) is 98.7 Å². The molecule has 2 aromatic heterocycles. The van der Waals surface area contributed by atoms with E-state index >= 15 is 0 Å². The van der Waals surface area contributed by atoms with Crippen LogP contribution in [0.4, 0.5) is 0 Å². The molecule has 1 unspecified atom stereocenters. The Kier molecular flexibility index (Phi) is 3.08. The molecule has 0 aromatic carbocycles. The highest BCUT2D eigenvalue weighted by molar-refractivity contribution is 5.70. The van der Waals surface area contributed by atoms with E-state index in [9.17, 15) is 9.59 Å². The maximum absolute atomic E-state index is 11.8. The third kappa shape index (κ3) is 1.86. The molecule has 0 amide bonds. The lowest BCUT2D eigenvalue weighted by Crippen LogP contribution is -2.29. The predicted octanol–water partition coefficient (Wildman–Crippen LogP) is -0.760. The molecule has 0 saturated heterocycles. The summed E-state index contributed by atoms with van der Waals surface area (Å²) in [5, 5.41) is 0. The zero-order valence-corrected chi connectivity index (χ0v) is 10.7. The number of nitrogens with zero attached hydrogens (tertiary/aromatic N) is 3. The third-order valence-corrected chi connectivity index (χ3v) is 3.20. The van der Waals surface area contributed by atoms with Crippen molar-refractivity contribution in [2.24, 2.45) is 19.8 Å². The Morgan fingerprint density at radius 1 is 1.33 bits per heavy atom. The maximum Gasteiger partial charge on any atom is 0.329 e.